The van der Waals surface area contributed by atoms with Crippen LogP contribution >= 0.6 is 15.2 Å². The zero-order valence-corrected chi connectivity index (χ0v) is 17.4. The second-order valence-corrected chi connectivity index (χ2v) is 13.3. The highest BCUT2D eigenvalue weighted by molar-refractivity contribution is 7.54. The van der Waals surface area contributed by atoms with E-state index in [9.17, 15) is 28.7 Å². The van der Waals surface area contributed by atoms with E-state index >= 15 is 0 Å². The Morgan fingerprint density at radius 2 is 1.18 bits per heavy atom. The smallest absolute Gasteiger partial charge is 0.324 e. The van der Waals surface area contributed by atoms with Crippen LogP contribution in [0.5, 0.6) is 0 Å². The molecule has 4 aliphatic rings. The fraction of sp³-hybridized carbons (Fsp3) is 1.00. The van der Waals surface area contributed by atoms with E-state index in [0.717, 1.165) is 0 Å². The lowest BCUT2D eigenvalue weighted by Gasteiger charge is -2.54. The van der Waals surface area contributed by atoms with Gasteiger partial charge in [-0.25, -0.2) is 0 Å². The summed E-state index contributed by atoms with van der Waals surface area (Å²) in [7, 11) is -9.22. The van der Waals surface area contributed by atoms with E-state index in [1.54, 1.807) is 0 Å². The number of hydrogen-bond acceptors (Lipinski definition) is 7. The first-order valence-corrected chi connectivity index (χ1v) is 12.8. The lowest BCUT2D eigenvalue weighted by atomic mass is 9.62. The maximum atomic E-state index is 12.4. The van der Waals surface area contributed by atoms with Crippen molar-refractivity contribution in [2.24, 2.45) is 44.9 Å². The van der Waals surface area contributed by atoms with E-state index in [1.165, 1.54) is 0 Å². The Labute approximate surface area is 163 Å². The van der Waals surface area contributed by atoms with Crippen LogP contribution in [0.15, 0.2) is 0 Å². The summed E-state index contributed by atoms with van der Waals surface area (Å²) in [5, 5.41) is -1.06. The Balaban J connectivity index is 1.76. The molecule has 0 radical (unpaired) electrons. The van der Waals surface area contributed by atoms with Gasteiger partial charge in [-0.3, -0.25) is 9.13 Å². The second-order valence-electron chi connectivity index (χ2n) is 9.66. The molecular formula is C15H31N5O6P2. The van der Waals surface area contributed by atoms with E-state index < -0.39 is 53.7 Å². The molecule has 0 aromatic carbocycles. The SMILES string of the molecule is NC(C(N)(N)C(N)(N)C1(C2(C3(C4(P(=O)(O)O)CC4)CC3)CC2)CC1)P(=O)(O)O. The van der Waals surface area contributed by atoms with Gasteiger partial charge in [-0.1, -0.05) is 0 Å². The molecule has 0 bridgehead atoms. The minimum Gasteiger partial charge on any atom is -0.324 e. The molecule has 0 amide bonds. The zero-order valence-electron chi connectivity index (χ0n) is 15.6. The maximum absolute atomic E-state index is 12.4. The van der Waals surface area contributed by atoms with E-state index in [0.29, 0.717) is 51.4 Å². The van der Waals surface area contributed by atoms with Crippen molar-refractivity contribution in [1.29, 1.82) is 0 Å². The quantitative estimate of drug-likeness (QED) is 0.159. The summed E-state index contributed by atoms with van der Waals surface area (Å²) in [6, 6.07) is 0. The number of hydrogen-bond donors (Lipinski definition) is 9. The monoisotopic (exact) mass is 439 g/mol. The second kappa shape index (κ2) is 5.29. The van der Waals surface area contributed by atoms with Crippen LogP contribution in [-0.4, -0.2) is 41.8 Å². The summed E-state index contributed by atoms with van der Waals surface area (Å²) in [4.78, 5) is 39.2. The van der Waals surface area contributed by atoms with Gasteiger partial charge >= 0.3 is 15.2 Å². The zero-order chi connectivity index (χ0) is 21.2. The molecule has 4 rings (SSSR count). The highest BCUT2D eigenvalue weighted by Gasteiger charge is 2.89. The van der Waals surface area contributed by atoms with Gasteiger partial charge in [0.2, 0.25) is 0 Å². The van der Waals surface area contributed by atoms with Gasteiger partial charge in [-0.15, -0.1) is 0 Å². The normalized spacial score (nSPS) is 30.5. The van der Waals surface area contributed by atoms with Gasteiger partial charge in [0.05, 0.1) is 5.16 Å². The lowest BCUT2D eigenvalue weighted by Crippen LogP contribution is -2.86. The van der Waals surface area contributed by atoms with Crippen LogP contribution in [0.25, 0.3) is 0 Å². The molecule has 162 valence electrons. The molecule has 4 fully saturated rings. The molecule has 1 unspecified atom stereocenters. The molecule has 1 atom stereocenters. The molecule has 4 saturated carbocycles. The molecule has 11 nitrogen and oxygen atoms in total. The lowest BCUT2D eigenvalue weighted by molar-refractivity contribution is 0.0139. The van der Waals surface area contributed by atoms with Crippen LogP contribution in [0.2, 0.25) is 0 Å². The first-order chi connectivity index (χ1) is 12.5. The topological polar surface area (TPSA) is 245 Å². The van der Waals surface area contributed by atoms with Crippen molar-refractivity contribution < 1.29 is 28.7 Å². The van der Waals surface area contributed by atoms with Crippen molar-refractivity contribution in [1.82, 2.24) is 0 Å². The van der Waals surface area contributed by atoms with Crippen molar-refractivity contribution in [2.75, 3.05) is 0 Å². The van der Waals surface area contributed by atoms with Gasteiger partial charge in [-0.05, 0) is 62.2 Å². The Hall–Kier alpha value is 0.1000. The fourth-order valence-electron chi connectivity index (χ4n) is 6.57. The largest absolute Gasteiger partial charge is 0.345 e. The van der Waals surface area contributed by atoms with Crippen LogP contribution in [0.1, 0.15) is 51.4 Å². The van der Waals surface area contributed by atoms with Crippen LogP contribution in [0, 0.1) is 16.2 Å². The molecule has 0 saturated heterocycles. The molecule has 0 heterocycles. The third-order valence-corrected chi connectivity index (χ3v) is 11.8. The van der Waals surface area contributed by atoms with Gasteiger partial charge in [0.1, 0.15) is 17.1 Å². The molecule has 28 heavy (non-hydrogen) atoms. The Kier molecular flexibility index (Phi) is 4.03. The number of rotatable bonds is 8. The summed E-state index contributed by atoms with van der Waals surface area (Å²) >= 11 is 0. The Morgan fingerprint density at radius 1 is 0.750 bits per heavy atom. The molecule has 0 aliphatic heterocycles. The van der Waals surface area contributed by atoms with Gasteiger partial charge < -0.3 is 48.2 Å². The van der Waals surface area contributed by atoms with Crippen molar-refractivity contribution >= 4 is 15.2 Å². The van der Waals surface area contributed by atoms with Crippen molar-refractivity contribution in [3.8, 4) is 0 Å². The highest BCUT2D eigenvalue weighted by atomic mass is 31.2. The standard InChI is InChI=1S/C15H31N5O6P2/c16-9(27(21,22)23)14(17,18)15(19,20)12(5-6-12)10(1-2-10)11(3-4-11)13(7-8-13)28(24,25)26/h9H,1-8,16-20H2,(H2,21,22,23)(H2,24,25,26). The van der Waals surface area contributed by atoms with Gasteiger partial charge in [-0.2, -0.15) is 0 Å². The van der Waals surface area contributed by atoms with E-state index in [2.05, 4.69) is 0 Å². The van der Waals surface area contributed by atoms with E-state index in [-0.39, 0.29) is 0 Å². The average molecular weight is 439 g/mol. The summed E-state index contributed by atoms with van der Waals surface area (Å²) in [5.41, 5.74) is 24.7. The van der Waals surface area contributed by atoms with Crippen molar-refractivity contribution in [3.05, 3.63) is 0 Å². The predicted octanol–water partition coefficient (Wildman–Crippen LogP) is -1.27. The molecule has 13 heteroatoms. The Bertz CT molecular complexity index is 804. The van der Waals surface area contributed by atoms with Crippen molar-refractivity contribution in [2.45, 2.75) is 73.6 Å². The minimum atomic E-state index is -4.88. The Morgan fingerprint density at radius 3 is 1.43 bits per heavy atom. The summed E-state index contributed by atoms with van der Waals surface area (Å²) in [5.74, 6) is -1.96. The molecule has 0 aromatic heterocycles. The predicted molar refractivity (Wildman–Crippen MR) is 101 cm³/mol. The molecule has 0 aromatic rings. The van der Waals surface area contributed by atoms with Crippen LogP contribution in [-0.2, 0) is 9.13 Å². The fourth-order valence-corrected chi connectivity index (χ4v) is 9.03. The molecule has 0 spiro atoms. The molecule has 14 N–H and O–H groups in total. The maximum Gasteiger partial charge on any atom is 0.345 e. The highest BCUT2D eigenvalue weighted by Crippen LogP contribution is 2.93. The first-order valence-electron chi connectivity index (χ1n) is 9.50. The first kappa shape index (κ1) is 21.3. The minimum absolute atomic E-state index is 0.454. The van der Waals surface area contributed by atoms with Gasteiger partial charge in [0.25, 0.3) is 0 Å². The summed E-state index contributed by atoms with van der Waals surface area (Å²) in [6.07, 6.45) is 4.68. The van der Waals surface area contributed by atoms with E-state index in [1.807, 2.05) is 0 Å². The molecule has 4 aliphatic carbocycles. The number of nitrogens with two attached hydrogens (primary N) is 5. The van der Waals surface area contributed by atoms with E-state index in [4.69, 9.17) is 28.7 Å². The molecular weight excluding hydrogens is 408 g/mol. The summed E-state index contributed by atoms with van der Waals surface area (Å²) in [6.45, 7) is 0. The average Bonchev–Trinajstić information content (AvgIpc) is 3.40. The van der Waals surface area contributed by atoms with Crippen LogP contribution in [0.4, 0.5) is 0 Å². The third-order valence-electron chi connectivity index (χ3n) is 8.61. The van der Waals surface area contributed by atoms with Crippen LogP contribution < -0.4 is 28.7 Å². The van der Waals surface area contributed by atoms with Crippen LogP contribution in [0.3, 0.4) is 0 Å². The summed E-state index contributed by atoms with van der Waals surface area (Å²) < 4.78 is 24.1. The van der Waals surface area contributed by atoms with Gasteiger partial charge in [0.15, 0.2) is 0 Å². The van der Waals surface area contributed by atoms with Crippen molar-refractivity contribution in [3.63, 3.8) is 0 Å². The third kappa shape index (κ3) is 2.22. The van der Waals surface area contributed by atoms with Gasteiger partial charge in [0, 0.05) is 5.41 Å².